The molecule has 0 amide bonds. The van der Waals surface area contributed by atoms with Gasteiger partial charge in [-0.2, -0.15) is 0 Å². The van der Waals surface area contributed by atoms with Crippen LogP contribution in [0.5, 0.6) is 0 Å². The number of rotatable bonds is 5. The third-order valence-electron chi connectivity index (χ3n) is 3.08. The molecule has 1 aromatic heterocycles. The van der Waals surface area contributed by atoms with E-state index >= 15 is 0 Å². The number of thiophene rings is 1. The van der Waals surface area contributed by atoms with Crippen LogP contribution in [-0.4, -0.2) is 8.42 Å². The number of benzene rings is 1. The van der Waals surface area contributed by atoms with E-state index in [1.807, 2.05) is 44.2 Å². The van der Waals surface area contributed by atoms with E-state index in [0.29, 0.717) is 10.8 Å². The van der Waals surface area contributed by atoms with E-state index in [1.165, 1.54) is 11.3 Å². The minimum atomic E-state index is -3.51. The predicted molar refractivity (Wildman–Crippen MR) is 82.1 cm³/mol. The molecule has 2 aromatic rings. The summed E-state index contributed by atoms with van der Waals surface area (Å²) < 4.78 is 27.7. The van der Waals surface area contributed by atoms with Crippen LogP contribution in [0.2, 0.25) is 0 Å². The summed E-state index contributed by atoms with van der Waals surface area (Å²) in [5, 5.41) is 0. The molecule has 2 rings (SSSR count). The maximum atomic E-state index is 12.4. The van der Waals surface area contributed by atoms with Crippen molar-refractivity contribution in [3.8, 4) is 0 Å². The smallest absolute Gasteiger partial charge is 0.250 e. The van der Waals surface area contributed by atoms with E-state index in [2.05, 4.69) is 4.72 Å². The van der Waals surface area contributed by atoms with Crippen LogP contribution in [0, 0.1) is 6.92 Å². The first-order valence-electron chi connectivity index (χ1n) is 6.30. The molecule has 0 aliphatic rings. The van der Waals surface area contributed by atoms with Crippen LogP contribution in [0.25, 0.3) is 0 Å². The van der Waals surface area contributed by atoms with Gasteiger partial charge in [0.1, 0.15) is 4.21 Å². The van der Waals surface area contributed by atoms with Crippen molar-refractivity contribution in [2.24, 2.45) is 5.73 Å². The maximum absolute atomic E-state index is 12.4. The Kier molecular flexibility index (Phi) is 4.59. The molecule has 0 aliphatic heterocycles. The normalized spacial score (nSPS) is 13.3. The molecule has 4 nitrogen and oxygen atoms in total. The van der Waals surface area contributed by atoms with Crippen molar-refractivity contribution in [1.29, 1.82) is 0 Å². The molecule has 1 heterocycles. The average molecular weight is 310 g/mol. The molecule has 6 heteroatoms. The lowest BCUT2D eigenvalue weighted by Gasteiger charge is -2.13. The third-order valence-corrected chi connectivity index (χ3v) is 6.35. The summed E-state index contributed by atoms with van der Waals surface area (Å²) >= 11 is 1.23. The van der Waals surface area contributed by atoms with Gasteiger partial charge in [-0.25, -0.2) is 13.1 Å². The summed E-state index contributed by atoms with van der Waals surface area (Å²) in [6.07, 6.45) is 0. The number of hydrogen-bond donors (Lipinski definition) is 2. The Morgan fingerprint density at radius 1 is 1.30 bits per heavy atom. The lowest BCUT2D eigenvalue weighted by molar-refractivity contribution is 0.569. The van der Waals surface area contributed by atoms with Gasteiger partial charge in [-0.3, -0.25) is 0 Å². The fourth-order valence-electron chi connectivity index (χ4n) is 1.92. The Morgan fingerprint density at radius 2 is 1.95 bits per heavy atom. The van der Waals surface area contributed by atoms with Gasteiger partial charge in [0.25, 0.3) is 10.0 Å². The minimum absolute atomic E-state index is 0.273. The highest BCUT2D eigenvalue weighted by Crippen LogP contribution is 2.26. The zero-order chi connectivity index (χ0) is 14.8. The lowest BCUT2D eigenvalue weighted by atomic mass is 10.1. The fourth-order valence-corrected chi connectivity index (χ4v) is 4.64. The summed E-state index contributed by atoms with van der Waals surface area (Å²) in [6.45, 7) is 4.07. The van der Waals surface area contributed by atoms with Gasteiger partial charge >= 0.3 is 0 Å². The fraction of sp³-hybridized carbons (Fsp3) is 0.286. The Balaban J connectivity index is 2.23. The molecule has 20 heavy (non-hydrogen) atoms. The van der Waals surface area contributed by atoms with Crippen molar-refractivity contribution in [1.82, 2.24) is 4.72 Å². The second kappa shape index (κ2) is 6.05. The standard InChI is InChI=1S/C14H18N2O2S2/c1-10-8-14(19-13(10)9-15)20(17,18)16-11(2)12-6-4-3-5-7-12/h3-8,11,16H,9,15H2,1-2H3. The maximum Gasteiger partial charge on any atom is 0.250 e. The number of nitrogens with two attached hydrogens (primary N) is 1. The van der Waals surface area contributed by atoms with Gasteiger partial charge in [0.15, 0.2) is 0 Å². The van der Waals surface area contributed by atoms with Gasteiger partial charge in [-0.05, 0) is 31.0 Å². The summed E-state index contributed by atoms with van der Waals surface area (Å²) in [7, 11) is -3.51. The second-order valence-electron chi connectivity index (χ2n) is 4.63. The van der Waals surface area contributed by atoms with E-state index in [9.17, 15) is 8.42 Å². The first-order chi connectivity index (χ1) is 9.44. The number of aryl methyl sites for hydroxylation is 1. The van der Waals surface area contributed by atoms with Crippen molar-refractivity contribution in [2.45, 2.75) is 30.6 Å². The topological polar surface area (TPSA) is 72.2 Å². The molecule has 1 unspecified atom stereocenters. The third kappa shape index (κ3) is 3.27. The largest absolute Gasteiger partial charge is 0.326 e. The molecule has 0 fully saturated rings. The molecular formula is C14H18N2O2S2. The van der Waals surface area contributed by atoms with Gasteiger partial charge < -0.3 is 5.73 Å². The first kappa shape index (κ1) is 15.2. The highest BCUT2D eigenvalue weighted by Gasteiger charge is 2.21. The Labute approximate surface area is 123 Å². The SMILES string of the molecule is Cc1cc(S(=O)(=O)NC(C)c2ccccc2)sc1CN. The van der Waals surface area contributed by atoms with Crippen molar-refractivity contribution in [2.75, 3.05) is 0 Å². The Hall–Kier alpha value is -1.21. The van der Waals surface area contributed by atoms with Crippen LogP contribution < -0.4 is 10.5 Å². The lowest BCUT2D eigenvalue weighted by Crippen LogP contribution is -2.26. The van der Waals surface area contributed by atoms with Gasteiger partial charge in [0.05, 0.1) is 0 Å². The molecule has 0 radical (unpaired) electrons. The van der Waals surface area contributed by atoms with E-state index in [-0.39, 0.29) is 6.04 Å². The van der Waals surface area contributed by atoms with Crippen LogP contribution in [0.1, 0.15) is 29.0 Å². The zero-order valence-electron chi connectivity index (χ0n) is 11.5. The van der Waals surface area contributed by atoms with Crippen LogP contribution in [0.15, 0.2) is 40.6 Å². The molecule has 3 N–H and O–H groups in total. The van der Waals surface area contributed by atoms with Gasteiger partial charge in [-0.1, -0.05) is 30.3 Å². The summed E-state index contributed by atoms with van der Waals surface area (Å²) in [4.78, 5) is 0.901. The zero-order valence-corrected chi connectivity index (χ0v) is 13.1. The molecule has 0 aliphatic carbocycles. The molecule has 0 bridgehead atoms. The van der Waals surface area contributed by atoms with Crippen LogP contribution >= 0.6 is 11.3 Å². The second-order valence-corrected chi connectivity index (χ2v) is 7.71. The number of hydrogen-bond acceptors (Lipinski definition) is 4. The van der Waals surface area contributed by atoms with Gasteiger partial charge in [0.2, 0.25) is 0 Å². The average Bonchev–Trinajstić information content (AvgIpc) is 2.81. The quantitative estimate of drug-likeness (QED) is 0.891. The molecular weight excluding hydrogens is 292 g/mol. The van der Waals surface area contributed by atoms with E-state index in [4.69, 9.17) is 5.73 Å². The first-order valence-corrected chi connectivity index (χ1v) is 8.60. The van der Waals surface area contributed by atoms with Crippen molar-refractivity contribution >= 4 is 21.4 Å². The van der Waals surface area contributed by atoms with E-state index in [0.717, 1.165) is 16.0 Å². The van der Waals surface area contributed by atoms with Crippen molar-refractivity contribution in [3.05, 3.63) is 52.4 Å². The molecule has 1 atom stereocenters. The highest BCUT2D eigenvalue weighted by atomic mass is 32.2. The van der Waals surface area contributed by atoms with Crippen molar-refractivity contribution in [3.63, 3.8) is 0 Å². The number of nitrogens with one attached hydrogen (secondary N) is 1. The summed E-state index contributed by atoms with van der Waals surface area (Å²) in [5.41, 5.74) is 7.45. The van der Waals surface area contributed by atoms with E-state index in [1.54, 1.807) is 6.07 Å². The Morgan fingerprint density at radius 3 is 2.50 bits per heavy atom. The molecule has 1 aromatic carbocycles. The monoisotopic (exact) mass is 310 g/mol. The summed E-state index contributed by atoms with van der Waals surface area (Å²) in [5.74, 6) is 0. The van der Waals surface area contributed by atoms with E-state index < -0.39 is 10.0 Å². The van der Waals surface area contributed by atoms with Gasteiger partial charge in [-0.15, -0.1) is 11.3 Å². The van der Waals surface area contributed by atoms with Crippen LogP contribution in [0.4, 0.5) is 0 Å². The minimum Gasteiger partial charge on any atom is -0.326 e. The number of sulfonamides is 1. The molecule has 108 valence electrons. The van der Waals surface area contributed by atoms with Crippen LogP contribution in [0.3, 0.4) is 0 Å². The molecule has 0 spiro atoms. The predicted octanol–water partition coefficient (Wildman–Crippen LogP) is 2.55. The highest BCUT2D eigenvalue weighted by molar-refractivity contribution is 7.91. The Bertz CT molecular complexity index is 678. The van der Waals surface area contributed by atoms with Crippen molar-refractivity contribution < 1.29 is 8.42 Å². The van der Waals surface area contributed by atoms with Gasteiger partial charge in [0, 0.05) is 17.5 Å². The van der Waals surface area contributed by atoms with Crippen LogP contribution in [-0.2, 0) is 16.6 Å². The molecule has 0 saturated heterocycles. The molecule has 0 saturated carbocycles. The summed E-state index contributed by atoms with van der Waals surface area (Å²) in [6, 6.07) is 10.9.